The van der Waals surface area contributed by atoms with Crippen molar-refractivity contribution in [2.75, 3.05) is 19.3 Å². The number of nitrogens with one attached hydrogen (secondary N) is 2. The number of hydrogen-bond donors (Lipinski definition) is 3. The molecule has 21 heavy (non-hydrogen) atoms. The summed E-state index contributed by atoms with van der Waals surface area (Å²) in [5.41, 5.74) is 1.01. The molecule has 0 saturated carbocycles. The van der Waals surface area contributed by atoms with Crippen LogP contribution in [-0.4, -0.2) is 44.7 Å². The van der Waals surface area contributed by atoms with E-state index in [1.54, 1.807) is 12.1 Å². The molecule has 0 fully saturated rings. The first-order chi connectivity index (χ1) is 9.84. The second kappa shape index (κ2) is 7.55. The number of carboxylic acid groups (broad SMARTS) is 1. The average molecular weight is 312 g/mol. The third kappa shape index (κ3) is 6.19. The first-order valence-electron chi connectivity index (χ1n) is 6.04. The van der Waals surface area contributed by atoms with Crippen LogP contribution < -0.4 is 10.0 Å². The molecular formula is C13H16N2O5S. The minimum Gasteiger partial charge on any atom is -0.478 e. The minimum absolute atomic E-state index is 0.00265. The first-order valence-corrected chi connectivity index (χ1v) is 7.70. The second-order valence-electron chi connectivity index (χ2n) is 4.07. The number of hydrogen-bond acceptors (Lipinski definition) is 4. The van der Waals surface area contributed by atoms with Crippen LogP contribution in [0.4, 0.5) is 0 Å². The standard InChI is InChI=1S/C13H16N2O5S/c1-14-21(19,20)9-8-15-13(18)11-5-2-10(3-6-11)4-7-12(16)17/h2-7,14H,8-9H2,1H3,(H,15,18)(H,16,17)/b7-4+. The Labute approximate surface area is 122 Å². The zero-order valence-corrected chi connectivity index (χ0v) is 12.2. The fourth-order valence-electron chi connectivity index (χ4n) is 1.42. The molecule has 0 bridgehead atoms. The zero-order valence-electron chi connectivity index (χ0n) is 11.4. The lowest BCUT2D eigenvalue weighted by Gasteiger charge is -2.06. The Morgan fingerprint density at radius 2 is 1.86 bits per heavy atom. The number of carbonyl (C=O) groups is 2. The van der Waals surface area contributed by atoms with Crippen molar-refractivity contribution in [1.82, 2.24) is 10.0 Å². The summed E-state index contributed by atoms with van der Waals surface area (Å²) in [6, 6.07) is 6.25. The van der Waals surface area contributed by atoms with Gasteiger partial charge in [-0.3, -0.25) is 4.79 Å². The minimum atomic E-state index is -3.35. The van der Waals surface area contributed by atoms with E-state index in [1.807, 2.05) is 0 Å². The summed E-state index contributed by atoms with van der Waals surface area (Å²) in [6.07, 6.45) is 2.40. The van der Waals surface area contributed by atoms with Gasteiger partial charge in [0, 0.05) is 18.2 Å². The molecule has 0 heterocycles. The summed E-state index contributed by atoms with van der Waals surface area (Å²) in [7, 11) is -2.04. The summed E-state index contributed by atoms with van der Waals surface area (Å²) in [6.45, 7) is 0.00265. The topological polar surface area (TPSA) is 113 Å². The van der Waals surface area contributed by atoms with Gasteiger partial charge in [0.15, 0.2) is 0 Å². The summed E-state index contributed by atoms with van der Waals surface area (Å²) >= 11 is 0. The van der Waals surface area contributed by atoms with Crippen molar-refractivity contribution < 1.29 is 23.1 Å². The maximum Gasteiger partial charge on any atom is 0.328 e. The van der Waals surface area contributed by atoms with Crippen LogP contribution in [0.25, 0.3) is 6.08 Å². The van der Waals surface area contributed by atoms with Gasteiger partial charge in [0.1, 0.15) is 0 Å². The predicted molar refractivity (Wildman–Crippen MR) is 78.3 cm³/mol. The van der Waals surface area contributed by atoms with Gasteiger partial charge in [0.25, 0.3) is 5.91 Å². The van der Waals surface area contributed by atoms with Crippen molar-refractivity contribution in [3.8, 4) is 0 Å². The molecule has 0 spiro atoms. The van der Waals surface area contributed by atoms with Crippen molar-refractivity contribution in [2.24, 2.45) is 0 Å². The lowest BCUT2D eigenvalue weighted by atomic mass is 10.1. The van der Waals surface area contributed by atoms with Crippen molar-refractivity contribution in [3.05, 3.63) is 41.5 Å². The molecule has 114 valence electrons. The van der Waals surface area contributed by atoms with Crippen LogP contribution in [0.3, 0.4) is 0 Å². The van der Waals surface area contributed by atoms with Gasteiger partial charge in [-0.1, -0.05) is 12.1 Å². The van der Waals surface area contributed by atoms with E-state index in [2.05, 4.69) is 10.0 Å². The molecule has 0 aliphatic carbocycles. The number of rotatable bonds is 7. The summed E-state index contributed by atoms with van der Waals surface area (Å²) < 4.78 is 24.5. The number of sulfonamides is 1. The maximum atomic E-state index is 11.8. The van der Waals surface area contributed by atoms with Gasteiger partial charge >= 0.3 is 5.97 Å². The Kier molecular flexibility index (Phi) is 6.07. The van der Waals surface area contributed by atoms with E-state index in [4.69, 9.17) is 5.11 Å². The lowest BCUT2D eigenvalue weighted by molar-refractivity contribution is -0.131. The normalized spacial score (nSPS) is 11.5. The van der Waals surface area contributed by atoms with Crippen molar-refractivity contribution in [2.45, 2.75) is 0 Å². The molecule has 1 rings (SSSR count). The third-order valence-corrected chi connectivity index (χ3v) is 3.92. The Hall–Kier alpha value is -2.19. The Balaban J connectivity index is 2.57. The van der Waals surface area contributed by atoms with Crippen LogP contribution in [0.2, 0.25) is 0 Å². The van der Waals surface area contributed by atoms with Gasteiger partial charge < -0.3 is 10.4 Å². The van der Waals surface area contributed by atoms with Gasteiger partial charge in [-0.2, -0.15) is 0 Å². The van der Waals surface area contributed by atoms with Crippen LogP contribution in [0.1, 0.15) is 15.9 Å². The van der Waals surface area contributed by atoms with E-state index < -0.39 is 21.9 Å². The summed E-state index contributed by atoms with van der Waals surface area (Å²) in [5.74, 6) is -1.65. The van der Waals surface area contributed by atoms with Crippen LogP contribution in [0.15, 0.2) is 30.3 Å². The molecule has 0 radical (unpaired) electrons. The molecule has 0 unspecified atom stereocenters. The molecule has 0 aliphatic rings. The van der Waals surface area contributed by atoms with Gasteiger partial charge in [-0.25, -0.2) is 17.9 Å². The van der Waals surface area contributed by atoms with E-state index in [0.717, 1.165) is 6.08 Å². The zero-order chi connectivity index (χ0) is 15.9. The maximum absolute atomic E-state index is 11.8. The van der Waals surface area contributed by atoms with Gasteiger partial charge in [0.05, 0.1) is 5.75 Å². The molecule has 0 saturated heterocycles. The molecule has 0 aliphatic heterocycles. The number of carboxylic acids is 1. The monoisotopic (exact) mass is 312 g/mol. The van der Waals surface area contributed by atoms with E-state index in [1.165, 1.54) is 25.3 Å². The van der Waals surface area contributed by atoms with E-state index in [-0.39, 0.29) is 12.3 Å². The molecule has 0 aromatic heterocycles. The van der Waals surface area contributed by atoms with Crippen LogP contribution in [0.5, 0.6) is 0 Å². The molecule has 1 aromatic rings. The fraction of sp³-hybridized carbons (Fsp3) is 0.231. The smallest absolute Gasteiger partial charge is 0.328 e. The molecule has 7 nitrogen and oxygen atoms in total. The quantitative estimate of drug-likeness (QED) is 0.616. The highest BCUT2D eigenvalue weighted by atomic mass is 32.2. The SMILES string of the molecule is CNS(=O)(=O)CCNC(=O)c1ccc(/C=C/C(=O)O)cc1. The van der Waals surface area contributed by atoms with Crippen LogP contribution >= 0.6 is 0 Å². The van der Waals surface area contributed by atoms with Crippen molar-refractivity contribution in [1.29, 1.82) is 0 Å². The average Bonchev–Trinajstić information content (AvgIpc) is 2.45. The molecular weight excluding hydrogens is 296 g/mol. The fourth-order valence-corrected chi connectivity index (χ4v) is 1.99. The third-order valence-electron chi connectivity index (χ3n) is 2.56. The van der Waals surface area contributed by atoms with Crippen molar-refractivity contribution >= 4 is 28.0 Å². The molecule has 1 amide bonds. The van der Waals surface area contributed by atoms with Gasteiger partial charge in [0.2, 0.25) is 10.0 Å². The molecule has 1 aromatic carbocycles. The number of amides is 1. The highest BCUT2D eigenvalue weighted by molar-refractivity contribution is 7.89. The molecule has 8 heteroatoms. The number of aliphatic carboxylic acids is 1. The van der Waals surface area contributed by atoms with Gasteiger partial charge in [-0.05, 0) is 30.8 Å². The Bertz CT molecular complexity index is 635. The lowest BCUT2D eigenvalue weighted by Crippen LogP contribution is -2.32. The summed E-state index contributed by atoms with van der Waals surface area (Å²) in [4.78, 5) is 22.1. The van der Waals surface area contributed by atoms with Gasteiger partial charge in [-0.15, -0.1) is 0 Å². The van der Waals surface area contributed by atoms with E-state index in [9.17, 15) is 18.0 Å². The highest BCUT2D eigenvalue weighted by Crippen LogP contribution is 2.06. The Morgan fingerprint density at radius 3 is 2.38 bits per heavy atom. The number of benzene rings is 1. The Morgan fingerprint density at radius 1 is 1.24 bits per heavy atom. The number of carbonyl (C=O) groups excluding carboxylic acids is 1. The molecule has 3 N–H and O–H groups in total. The van der Waals surface area contributed by atoms with Crippen LogP contribution in [-0.2, 0) is 14.8 Å². The molecule has 0 atom stereocenters. The van der Waals surface area contributed by atoms with Crippen molar-refractivity contribution in [3.63, 3.8) is 0 Å². The summed E-state index contributed by atoms with van der Waals surface area (Å²) in [5, 5.41) is 11.0. The largest absolute Gasteiger partial charge is 0.478 e. The second-order valence-corrected chi connectivity index (χ2v) is 6.12. The van der Waals surface area contributed by atoms with E-state index in [0.29, 0.717) is 11.1 Å². The first kappa shape index (κ1) is 16.9. The predicted octanol–water partition coefficient (Wildman–Crippen LogP) is 0.0634. The van der Waals surface area contributed by atoms with E-state index >= 15 is 0 Å². The highest BCUT2D eigenvalue weighted by Gasteiger charge is 2.09. The van der Waals surface area contributed by atoms with Crippen LogP contribution in [0, 0.1) is 0 Å².